The van der Waals surface area contributed by atoms with Crippen molar-refractivity contribution in [3.63, 3.8) is 0 Å². The summed E-state index contributed by atoms with van der Waals surface area (Å²) in [7, 11) is 0. The van der Waals surface area contributed by atoms with Crippen molar-refractivity contribution in [2.75, 3.05) is 16.3 Å². The summed E-state index contributed by atoms with van der Waals surface area (Å²) < 4.78 is 0. The Labute approximate surface area is 166 Å². The molecular formula is C23H26N4O. The second-order valence-corrected chi connectivity index (χ2v) is 6.83. The van der Waals surface area contributed by atoms with E-state index in [9.17, 15) is 4.79 Å². The maximum absolute atomic E-state index is 13.1. The summed E-state index contributed by atoms with van der Waals surface area (Å²) in [4.78, 5) is 26.0. The molecule has 1 heterocycles. The molecule has 28 heavy (non-hydrogen) atoms. The first-order chi connectivity index (χ1) is 13.6. The summed E-state index contributed by atoms with van der Waals surface area (Å²) in [5, 5.41) is 0. The third-order valence-electron chi connectivity index (χ3n) is 4.57. The predicted molar refractivity (Wildman–Crippen MR) is 114 cm³/mol. The third-order valence-corrected chi connectivity index (χ3v) is 4.57. The molecule has 0 bridgehead atoms. The fraction of sp³-hybridized carbons (Fsp3) is 0.261. The SMILES string of the molecule is CCN(C(=O)c1ccnc(N(Cc2ccccc2)C(C)C)n1)c1ccccc1. The summed E-state index contributed by atoms with van der Waals surface area (Å²) in [5.41, 5.74) is 2.44. The van der Waals surface area contributed by atoms with Gasteiger partial charge in [0.15, 0.2) is 0 Å². The van der Waals surface area contributed by atoms with Crippen molar-refractivity contribution in [1.29, 1.82) is 0 Å². The van der Waals surface area contributed by atoms with Crippen LogP contribution in [0.2, 0.25) is 0 Å². The van der Waals surface area contributed by atoms with Crippen molar-refractivity contribution in [3.05, 3.63) is 84.2 Å². The lowest BCUT2D eigenvalue weighted by Gasteiger charge is -2.27. The first-order valence-electron chi connectivity index (χ1n) is 9.60. The average molecular weight is 374 g/mol. The standard InChI is InChI=1S/C23H26N4O/c1-4-26(20-13-9-6-10-14-20)22(28)21-15-16-24-23(25-21)27(18(2)3)17-19-11-7-5-8-12-19/h5-16,18H,4,17H2,1-3H3. The van der Waals surface area contributed by atoms with Crippen LogP contribution >= 0.6 is 0 Å². The number of hydrogen-bond acceptors (Lipinski definition) is 4. The smallest absolute Gasteiger partial charge is 0.277 e. The number of benzene rings is 2. The van der Waals surface area contributed by atoms with E-state index in [-0.39, 0.29) is 11.9 Å². The lowest BCUT2D eigenvalue weighted by molar-refractivity contribution is 0.0983. The van der Waals surface area contributed by atoms with E-state index in [1.54, 1.807) is 17.2 Å². The summed E-state index contributed by atoms with van der Waals surface area (Å²) in [6.07, 6.45) is 1.66. The molecule has 5 nitrogen and oxygen atoms in total. The van der Waals surface area contributed by atoms with Crippen molar-refractivity contribution in [2.45, 2.75) is 33.4 Å². The normalized spacial score (nSPS) is 10.7. The van der Waals surface area contributed by atoms with Crippen molar-refractivity contribution in [1.82, 2.24) is 9.97 Å². The minimum atomic E-state index is -0.124. The van der Waals surface area contributed by atoms with Gasteiger partial charge in [0.1, 0.15) is 5.69 Å². The molecule has 0 aliphatic rings. The van der Waals surface area contributed by atoms with Gasteiger partial charge in [-0.05, 0) is 44.5 Å². The molecule has 0 radical (unpaired) electrons. The van der Waals surface area contributed by atoms with Crippen molar-refractivity contribution < 1.29 is 4.79 Å². The van der Waals surface area contributed by atoms with Gasteiger partial charge in [0.05, 0.1) is 0 Å². The molecule has 0 saturated carbocycles. The van der Waals surface area contributed by atoms with Crippen LogP contribution in [0.1, 0.15) is 36.8 Å². The fourth-order valence-corrected chi connectivity index (χ4v) is 3.06. The molecule has 0 spiro atoms. The molecule has 0 atom stereocenters. The van der Waals surface area contributed by atoms with Gasteiger partial charge in [-0.2, -0.15) is 0 Å². The topological polar surface area (TPSA) is 49.3 Å². The number of hydrogen-bond donors (Lipinski definition) is 0. The van der Waals surface area contributed by atoms with E-state index in [0.29, 0.717) is 24.7 Å². The van der Waals surface area contributed by atoms with E-state index in [4.69, 9.17) is 0 Å². The van der Waals surface area contributed by atoms with Crippen molar-refractivity contribution in [2.24, 2.45) is 0 Å². The number of para-hydroxylation sites is 1. The molecule has 1 aromatic heterocycles. The molecule has 3 aromatic rings. The lowest BCUT2D eigenvalue weighted by Crippen LogP contribution is -2.34. The largest absolute Gasteiger partial charge is 0.334 e. The van der Waals surface area contributed by atoms with E-state index < -0.39 is 0 Å². The molecule has 0 N–H and O–H groups in total. The van der Waals surface area contributed by atoms with Gasteiger partial charge in [-0.15, -0.1) is 0 Å². The van der Waals surface area contributed by atoms with Crippen molar-refractivity contribution >= 4 is 17.5 Å². The quantitative estimate of drug-likeness (QED) is 0.608. The average Bonchev–Trinajstić information content (AvgIpc) is 2.74. The number of rotatable bonds is 7. The molecule has 0 unspecified atom stereocenters. The molecule has 0 aliphatic carbocycles. The van der Waals surface area contributed by atoms with E-state index >= 15 is 0 Å². The van der Waals surface area contributed by atoms with Gasteiger partial charge in [-0.3, -0.25) is 4.79 Å². The summed E-state index contributed by atoms with van der Waals surface area (Å²) in [6.45, 7) is 7.42. The van der Waals surface area contributed by atoms with Crippen LogP contribution in [-0.2, 0) is 6.54 Å². The lowest BCUT2D eigenvalue weighted by atomic mass is 10.2. The van der Waals surface area contributed by atoms with Gasteiger partial charge in [0.25, 0.3) is 5.91 Å². The minimum Gasteiger partial charge on any atom is -0.334 e. The van der Waals surface area contributed by atoms with E-state index in [1.165, 1.54) is 5.56 Å². The van der Waals surface area contributed by atoms with E-state index in [1.807, 2.05) is 55.5 Å². The van der Waals surface area contributed by atoms with Gasteiger partial charge < -0.3 is 9.80 Å². The van der Waals surface area contributed by atoms with E-state index in [0.717, 1.165) is 5.69 Å². The van der Waals surface area contributed by atoms with Crippen LogP contribution in [0, 0.1) is 0 Å². The highest BCUT2D eigenvalue weighted by molar-refractivity contribution is 6.04. The first-order valence-corrected chi connectivity index (χ1v) is 9.60. The van der Waals surface area contributed by atoms with Gasteiger partial charge >= 0.3 is 0 Å². The van der Waals surface area contributed by atoms with Gasteiger partial charge in [-0.1, -0.05) is 48.5 Å². The molecule has 2 aromatic carbocycles. The number of aromatic nitrogens is 2. The first kappa shape index (κ1) is 19.5. The number of carbonyl (C=O) groups excluding carboxylic acids is 1. The van der Waals surface area contributed by atoms with Crippen LogP contribution in [0.25, 0.3) is 0 Å². The Bertz CT molecular complexity index is 897. The molecular weight excluding hydrogens is 348 g/mol. The van der Waals surface area contributed by atoms with Crippen LogP contribution in [0.3, 0.4) is 0 Å². The highest BCUT2D eigenvalue weighted by Crippen LogP contribution is 2.19. The Kier molecular flexibility index (Phi) is 6.37. The number of anilines is 2. The van der Waals surface area contributed by atoms with Crippen LogP contribution in [0.5, 0.6) is 0 Å². The summed E-state index contributed by atoms with van der Waals surface area (Å²) in [6, 6.07) is 21.7. The Morgan fingerprint density at radius 2 is 1.61 bits per heavy atom. The second kappa shape index (κ2) is 9.13. The highest BCUT2D eigenvalue weighted by atomic mass is 16.2. The van der Waals surface area contributed by atoms with Crippen LogP contribution in [0.15, 0.2) is 72.9 Å². The predicted octanol–water partition coefficient (Wildman–Crippen LogP) is 4.56. The number of nitrogens with zero attached hydrogens (tertiary/aromatic N) is 4. The molecule has 5 heteroatoms. The van der Waals surface area contributed by atoms with Crippen molar-refractivity contribution in [3.8, 4) is 0 Å². The third kappa shape index (κ3) is 4.55. The van der Waals surface area contributed by atoms with Gasteiger partial charge in [0, 0.05) is 31.0 Å². The molecule has 0 aliphatic heterocycles. The summed E-state index contributed by atoms with van der Waals surface area (Å²) in [5.74, 6) is 0.439. The minimum absolute atomic E-state index is 0.124. The fourth-order valence-electron chi connectivity index (χ4n) is 3.06. The Hall–Kier alpha value is -3.21. The van der Waals surface area contributed by atoms with Gasteiger partial charge in [-0.25, -0.2) is 9.97 Å². The zero-order chi connectivity index (χ0) is 19.9. The molecule has 1 amide bonds. The zero-order valence-corrected chi connectivity index (χ0v) is 16.6. The monoisotopic (exact) mass is 374 g/mol. The van der Waals surface area contributed by atoms with Gasteiger partial charge in [0.2, 0.25) is 5.95 Å². The molecule has 0 saturated heterocycles. The second-order valence-electron chi connectivity index (χ2n) is 6.83. The van der Waals surface area contributed by atoms with Crippen LogP contribution < -0.4 is 9.80 Å². The van der Waals surface area contributed by atoms with E-state index in [2.05, 4.69) is 40.8 Å². The molecule has 3 rings (SSSR count). The number of amides is 1. The molecule has 0 fully saturated rings. The maximum atomic E-state index is 13.1. The molecule has 144 valence electrons. The summed E-state index contributed by atoms with van der Waals surface area (Å²) >= 11 is 0. The number of carbonyl (C=O) groups is 1. The zero-order valence-electron chi connectivity index (χ0n) is 16.6. The Balaban J connectivity index is 1.88. The Morgan fingerprint density at radius 1 is 0.964 bits per heavy atom. The Morgan fingerprint density at radius 3 is 2.21 bits per heavy atom. The highest BCUT2D eigenvalue weighted by Gasteiger charge is 2.20. The maximum Gasteiger partial charge on any atom is 0.277 e. The van der Waals surface area contributed by atoms with Crippen LogP contribution in [0.4, 0.5) is 11.6 Å². The van der Waals surface area contributed by atoms with Crippen LogP contribution in [-0.4, -0.2) is 28.5 Å².